The normalized spacial score (nSPS) is 35.8. The van der Waals surface area contributed by atoms with Crippen molar-refractivity contribution >= 4 is 0 Å². The average Bonchev–Trinajstić information content (AvgIpc) is 1.86. The van der Waals surface area contributed by atoms with E-state index in [2.05, 4.69) is 6.92 Å². The van der Waals surface area contributed by atoms with Gasteiger partial charge in [-0.2, -0.15) is 0 Å². The van der Waals surface area contributed by atoms with E-state index in [1.807, 2.05) is 0 Å². The van der Waals surface area contributed by atoms with E-state index in [-0.39, 0.29) is 0 Å². The van der Waals surface area contributed by atoms with Crippen molar-refractivity contribution in [3.05, 3.63) is 0 Å². The Kier molecular flexibility index (Phi) is 1.74. The van der Waals surface area contributed by atoms with Gasteiger partial charge < -0.3 is 0 Å². The van der Waals surface area contributed by atoms with Crippen LogP contribution in [0.1, 0.15) is 13.3 Å². The minimum atomic E-state index is 0.702. The average molecular weight is 197 g/mol. The fraction of sp³-hybridized carbons (Fsp3) is 1.00. The van der Waals surface area contributed by atoms with Gasteiger partial charge in [-0.25, -0.2) is 0 Å². The van der Waals surface area contributed by atoms with Crippen molar-refractivity contribution in [2.24, 2.45) is 5.92 Å². The number of halogens is 1. The van der Waals surface area contributed by atoms with Crippen LogP contribution in [0.25, 0.3) is 0 Å². The standard InChI is InChI=1S/C5H10I/c1-5-2-3-6-4-5/h5H,2-4H2,1H3/q-1/t5-/m1/s1. The third kappa shape index (κ3) is 1.10. The molecule has 1 saturated heterocycles. The summed E-state index contributed by atoms with van der Waals surface area (Å²) in [6.45, 7) is 2.37. The summed E-state index contributed by atoms with van der Waals surface area (Å²) in [5.74, 6) is 1.10. The molecule has 0 spiro atoms. The van der Waals surface area contributed by atoms with E-state index in [0.29, 0.717) is 21.2 Å². The van der Waals surface area contributed by atoms with Crippen LogP contribution in [-0.2, 0) is 0 Å². The molecule has 38 valence electrons. The van der Waals surface area contributed by atoms with Crippen molar-refractivity contribution in [1.82, 2.24) is 0 Å². The second-order valence-corrected chi connectivity index (χ2v) is 4.96. The molecule has 0 nitrogen and oxygen atoms in total. The van der Waals surface area contributed by atoms with E-state index in [9.17, 15) is 0 Å². The predicted molar refractivity (Wildman–Crippen MR) is 23.5 cm³/mol. The maximum absolute atomic E-state index is 2.37. The molecule has 0 aromatic carbocycles. The number of alkyl halides is 2. The molecule has 1 aliphatic heterocycles. The summed E-state index contributed by atoms with van der Waals surface area (Å²) in [6, 6.07) is 0. The second-order valence-electron chi connectivity index (χ2n) is 1.93. The molecule has 6 heavy (non-hydrogen) atoms. The Morgan fingerprint density at radius 3 is 2.67 bits per heavy atom. The molecule has 0 amide bonds. The molecule has 1 rings (SSSR count). The van der Waals surface area contributed by atoms with E-state index in [1.54, 1.807) is 8.86 Å². The van der Waals surface area contributed by atoms with E-state index >= 15 is 0 Å². The van der Waals surface area contributed by atoms with Gasteiger partial charge in [-0.3, -0.25) is 0 Å². The molecule has 0 bridgehead atoms. The van der Waals surface area contributed by atoms with Crippen molar-refractivity contribution < 1.29 is 21.2 Å². The van der Waals surface area contributed by atoms with Crippen LogP contribution in [0.15, 0.2) is 0 Å². The SMILES string of the molecule is C[C@@H]1CC[I-]C1. The molecule has 1 aliphatic rings. The zero-order valence-corrected chi connectivity index (χ0v) is 6.23. The third-order valence-electron chi connectivity index (χ3n) is 1.11. The number of rotatable bonds is 0. The Labute approximate surface area is 49.6 Å². The first-order valence-electron chi connectivity index (χ1n) is 2.43. The molecular weight excluding hydrogens is 187 g/mol. The van der Waals surface area contributed by atoms with E-state index in [0.717, 1.165) is 5.92 Å². The van der Waals surface area contributed by atoms with E-state index < -0.39 is 0 Å². The number of hydrogen-bond acceptors (Lipinski definition) is 0. The van der Waals surface area contributed by atoms with Crippen LogP contribution in [0.4, 0.5) is 0 Å². The van der Waals surface area contributed by atoms with Gasteiger partial charge in [-0.05, 0) is 0 Å². The van der Waals surface area contributed by atoms with Crippen molar-refractivity contribution in [1.29, 1.82) is 0 Å². The van der Waals surface area contributed by atoms with Gasteiger partial charge in [0.15, 0.2) is 0 Å². The summed E-state index contributed by atoms with van der Waals surface area (Å²) in [4.78, 5) is 0. The monoisotopic (exact) mass is 197 g/mol. The zero-order chi connectivity index (χ0) is 4.41. The van der Waals surface area contributed by atoms with E-state index in [4.69, 9.17) is 0 Å². The van der Waals surface area contributed by atoms with Crippen molar-refractivity contribution in [2.75, 3.05) is 8.86 Å². The fourth-order valence-corrected chi connectivity index (χ4v) is 4.05. The molecule has 0 aliphatic carbocycles. The van der Waals surface area contributed by atoms with Gasteiger partial charge >= 0.3 is 49.3 Å². The van der Waals surface area contributed by atoms with Gasteiger partial charge in [0.25, 0.3) is 0 Å². The van der Waals surface area contributed by atoms with E-state index in [1.165, 1.54) is 6.42 Å². The van der Waals surface area contributed by atoms with Gasteiger partial charge in [-0.15, -0.1) is 0 Å². The number of hydrogen-bond donors (Lipinski definition) is 0. The quantitative estimate of drug-likeness (QED) is 0.315. The maximum atomic E-state index is 2.37. The predicted octanol–water partition coefficient (Wildman–Crippen LogP) is -1.88. The van der Waals surface area contributed by atoms with Crippen LogP contribution >= 0.6 is 0 Å². The van der Waals surface area contributed by atoms with Crippen molar-refractivity contribution in [3.8, 4) is 0 Å². The van der Waals surface area contributed by atoms with Crippen molar-refractivity contribution in [2.45, 2.75) is 13.3 Å². The molecular formula is C5H10I-. The molecule has 0 unspecified atom stereocenters. The molecule has 0 radical (unpaired) electrons. The van der Waals surface area contributed by atoms with Crippen LogP contribution in [0, 0.1) is 5.92 Å². The molecule has 0 N–H and O–H groups in total. The summed E-state index contributed by atoms with van der Waals surface area (Å²) in [5.41, 5.74) is 0. The van der Waals surface area contributed by atoms with Gasteiger partial charge in [0.1, 0.15) is 0 Å². The van der Waals surface area contributed by atoms with Crippen molar-refractivity contribution in [3.63, 3.8) is 0 Å². The third-order valence-corrected chi connectivity index (χ3v) is 4.62. The summed E-state index contributed by atoms with van der Waals surface area (Å²) >= 11 is 0.702. The zero-order valence-electron chi connectivity index (χ0n) is 4.08. The molecule has 1 atom stereocenters. The van der Waals surface area contributed by atoms with Crippen LogP contribution < -0.4 is 21.2 Å². The first-order valence-corrected chi connectivity index (χ1v) is 5.48. The van der Waals surface area contributed by atoms with Crippen LogP contribution in [0.3, 0.4) is 0 Å². The Morgan fingerprint density at radius 1 is 1.67 bits per heavy atom. The molecule has 0 saturated carbocycles. The van der Waals surface area contributed by atoms with Crippen LogP contribution in [0.2, 0.25) is 0 Å². The Balaban J connectivity index is 2.18. The summed E-state index contributed by atoms with van der Waals surface area (Å²) in [5, 5.41) is 0. The second kappa shape index (κ2) is 2.15. The summed E-state index contributed by atoms with van der Waals surface area (Å²) < 4.78 is 3.19. The molecule has 1 heteroatoms. The van der Waals surface area contributed by atoms with Crippen LogP contribution in [0.5, 0.6) is 0 Å². The van der Waals surface area contributed by atoms with Gasteiger partial charge in [0.05, 0.1) is 0 Å². The summed E-state index contributed by atoms with van der Waals surface area (Å²) in [7, 11) is 0. The molecule has 1 heterocycles. The van der Waals surface area contributed by atoms with Gasteiger partial charge in [0, 0.05) is 0 Å². The molecule has 0 aromatic heterocycles. The minimum absolute atomic E-state index is 0.702. The molecule has 1 fully saturated rings. The fourth-order valence-electron chi connectivity index (χ4n) is 0.604. The Morgan fingerprint density at radius 2 is 2.50 bits per heavy atom. The molecule has 0 aromatic rings. The first kappa shape index (κ1) is 4.88. The summed E-state index contributed by atoms with van der Waals surface area (Å²) in [6.07, 6.45) is 1.54. The van der Waals surface area contributed by atoms with Gasteiger partial charge in [0.2, 0.25) is 0 Å². The van der Waals surface area contributed by atoms with Gasteiger partial charge in [-0.1, -0.05) is 0 Å². The Hall–Kier alpha value is 0.730. The Bertz CT molecular complexity index is 37.2. The first-order chi connectivity index (χ1) is 2.89. The topological polar surface area (TPSA) is 0 Å². The van der Waals surface area contributed by atoms with Crippen LogP contribution in [-0.4, -0.2) is 8.86 Å².